The highest BCUT2D eigenvalue weighted by molar-refractivity contribution is 6.30. The smallest absolute Gasteiger partial charge is 0.321 e. The average Bonchev–Trinajstić information content (AvgIpc) is 2.97. The number of nitrogens with one attached hydrogen (secondary N) is 3. The first-order valence-corrected chi connectivity index (χ1v) is 6.71. The fraction of sp³-hybridized carbons (Fsp3) is 0.143. The van der Waals surface area contributed by atoms with Gasteiger partial charge in [-0.2, -0.15) is 0 Å². The van der Waals surface area contributed by atoms with Crippen LogP contribution in [0.4, 0.5) is 14.9 Å². The third kappa shape index (κ3) is 4.78. The van der Waals surface area contributed by atoms with Crippen molar-refractivity contribution in [2.75, 3.05) is 11.9 Å². The lowest BCUT2D eigenvalue weighted by Gasteiger charge is -2.08. The molecule has 6 nitrogen and oxygen atoms in total. The Bertz CT molecular complexity index is 661. The fourth-order valence-electron chi connectivity index (χ4n) is 1.60. The van der Waals surface area contributed by atoms with E-state index >= 15 is 0 Å². The van der Waals surface area contributed by atoms with Crippen molar-refractivity contribution in [3.05, 3.63) is 53.2 Å². The van der Waals surface area contributed by atoms with Crippen molar-refractivity contribution in [2.45, 2.75) is 6.54 Å². The molecule has 3 amide bonds. The zero-order valence-electron chi connectivity index (χ0n) is 11.4. The summed E-state index contributed by atoms with van der Waals surface area (Å²) in [5.41, 5.74) is 0.121. The normalized spacial score (nSPS) is 10.1. The quantitative estimate of drug-likeness (QED) is 0.788. The minimum atomic E-state index is -0.667. The lowest BCUT2D eigenvalue weighted by atomic mass is 10.3. The molecule has 0 fully saturated rings. The number of hydrogen-bond acceptors (Lipinski definition) is 4. The molecule has 116 valence electrons. The molecule has 0 radical (unpaired) electrons. The van der Waals surface area contributed by atoms with Crippen LogP contribution in [-0.4, -0.2) is 18.5 Å². The third-order valence-corrected chi connectivity index (χ3v) is 2.86. The summed E-state index contributed by atoms with van der Waals surface area (Å²) in [6, 6.07) is 6.72. The lowest BCUT2D eigenvalue weighted by molar-refractivity contribution is -0.118. The number of rotatable bonds is 5. The van der Waals surface area contributed by atoms with Crippen LogP contribution in [0.15, 0.2) is 41.0 Å². The van der Waals surface area contributed by atoms with Crippen molar-refractivity contribution in [1.29, 1.82) is 0 Å². The minimum absolute atomic E-state index is 0.121. The van der Waals surface area contributed by atoms with Crippen molar-refractivity contribution >= 4 is 29.2 Å². The fourth-order valence-corrected chi connectivity index (χ4v) is 1.76. The molecule has 0 aliphatic rings. The summed E-state index contributed by atoms with van der Waals surface area (Å²) in [7, 11) is 0. The molecule has 22 heavy (non-hydrogen) atoms. The van der Waals surface area contributed by atoms with Gasteiger partial charge < -0.3 is 15.1 Å². The molecule has 1 heterocycles. The van der Waals surface area contributed by atoms with Crippen LogP contribution in [-0.2, 0) is 11.3 Å². The standard InChI is InChI=1S/C14H13ClFN3O3/c15-9-3-4-12(11(16)6-9)17-8-13(20)19-14(21)18-7-10-2-1-5-22-10/h1-6,17H,7-8H2,(H2,18,19,20,21). The summed E-state index contributed by atoms with van der Waals surface area (Å²) < 4.78 is 18.5. The summed E-state index contributed by atoms with van der Waals surface area (Å²) >= 11 is 5.62. The topological polar surface area (TPSA) is 83.4 Å². The SMILES string of the molecule is O=C(CNc1ccc(Cl)cc1F)NC(=O)NCc1ccco1. The molecule has 8 heteroatoms. The van der Waals surface area contributed by atoms with E-state index in [0.717, 1.165) is 6.07 Å². The predicted octanol–water partition coefficient (Wildman–Crippen LogP) is 2.51. The van der Waals surface area contributed by atoms with E-state index in [9.17, 15) is 14.0 Å². The Morgan fingerprint density at radius 2 is 2.09 bits per heavy atom. The molecule has 0 atom stereocenters. The van der Waals surface area contributed by atoms with Gasteiger partial charge in [0.1, 0.15) is 11.6 Å². The van der Waals surface area contributed by atoms with Gasteiger partial charge in [-0.3, -0.25) is 10.1 Å². The van der Waals surface area contributed by atoms with Crippen LogP contribution in [0.1, 0.15) is 5.76 Å². The number of imide groups is 1. The van der Waals surface area contributed by atoms with Gasteiger partial charge in [0.25, 0.3) is 0 Å². The van der Waals surface area contributed by atoms with E-state index in [2.05, 4.69) is 16.0 Å². The van der Waals surface area contributed by atoms with E-state index in [1.807, 2.05) is 0 Å². The highest BCUT2D eigenvalue weighted by atomic mass is 35.5. The van der Waals surface area contributed by atoms with Crippen molar-refractivity contribution in [3.8, 4) is 0 Å². The van der Waals surface area contributed by atoms with E-state index in [1.165, 1.54) is 18.4 Å². The van der Waals surface area contributed by atoms with Crippen LogP contribution in [0.5, 0.6) is 0 Å². The molecular formula is C14H13ClFN3O3. The second-order valence-corrected chi connectivity index (χ2v) is 4.72. The number of anilines is 1. The highest BCUT2D eigenvalue weighted by Gasteiger charge is 2.09. The van der Waals surface area contributed by atoms with E-state index in [0.29, 0.717) is 5.76 Å². The van der Waals surface area contributed by atoms with Gasteiger partial charge in [0, 0.05) is 5.02 Å². The van der Waals surface area contributed by atoms with Crippen molar-refractivity contribution in [3.63, 3.8) is 0 Å². The molecule has 3 N–H and O–H groups in total. The Kier molecular flexibility index (Phi) is 5.37. The summed E-state index contributed by atoms with van der Waals surface area (Å²) in [5, 5.41) is 7.38. The molecule has 0 aliphatic carbocycles. The number of benzene rings is 1. The Morgan fingerprint density at radius 1 is 1.27 bits per heavy atom. The maximum Gasteiger partial charge on any atom is 0.321 e. The number of amides is 3. The molecule has 0 saturated heterocycles. The van der Waals surface area contributed by atoms with Gasteiger partial charge in [-0.1, -0.05) is 11.6 Å². The molecule has 0 spiro atoms. The van der Waals surface area contributed by atoms with Crippen LogP contribution >= 0.6 is 11.6 Å². The van der Waals surface area contributed by atoms with Gasteiger partial charge in [-0.15, -0.1) is 0 Å². The van der Waals surface area contributed by atoms with Crippen LogP contribution < -0.4 is 16.0 Å². The second-order valence-electron chi connectivity index (χ2n) is 4.29. The number of furan rings is 1. The van der Waals surface area contributed by atoms with E-state index < -0.39 is 17.8 Å². The maximum absolute atomic E-state index is 13.5. The number of halogens is 2. The van der Waals surface area contributed by atoms with Gasteiger partial charge in [-0.05, 0) is 30.3 Å². The number of hydrogen-bond donors (Lipinski definition) is 3. The summed E-state index contributed by atoms with van der Waals surface area (Å²) in [5.74, 6) is -0.627. The Morgan fingerprint density at radius 3 is 2.77 bits per heavy atom. The van der Waals surface area contributed by atoms with Crippen LogP contribution in [0, 0.1) is 5.82 Å². The highest BCUT2D eigenvalue weighted by Crippen LogP contribution is 2.18. The van der Waals surface area contributed by atoms with Gasteiger partial charge in [0.2, 0.25) is 5.91 Å². The van der Waals surface area contributed by atoms with Gasteiger partial charge in [0.15, 0.2) is 0 Å². The minimum Gasteiger partial charge on any atom is -0.467 e. The first-order chi connectivity index (χ1) is 10.5. The number of carbonyl (C=O) groups is 2. The van der Waals surface area contributed by atoms with E-state index in [1.54, 1.807) is 12.1 Å². The van der Waals surface area contributed by atoms with Gasteiger partial charge in [0.05, 0.1) is 25.0 Å². The molecule has 0 saturated carbocycles. The zero-order chi connectivity index (χ0) is 15.9. The monoisotopic (exact) mass is 325 g/mol. The lowest BCUT2D eigenvalue weighted by Crippen LogP contribution is -2.41. The van der Waals surface area contributed by atoms with Crippen molar-refractivity contribution < 1.29 is 18.4 Å². The third-order valence-electron chi connectivity index (χ3n) is 2.63. The first kappa shape index (κ1) is 15.8. The molecular weight excluding hydrogens is 313 g/mol. The predicted molar refractivity (Wildman–Crippen MR) is 79.0 cm³/mol. The molecule has 0 bridgehead atoms. The molecule has 2 rings (SSSR count). The summed E-state index contributed by atoms with van der Waals surface area (Å²) in [4.78, 5) is 23.0. The van der Waals surface area contributed by atoms with E-state index in [4.69, 9.17) is 16.0 Å². The van der Waals surface area contributed by atoms with Crippen LogP contribution in [0.25, 0.3) is 0 Å². The zero-order valence-corrected chi connectivity index (χ0v) is 12.1. The molecule has 1 aromatic heterocycles. The summed E-state index contributed by atoms with van der Waals surface area (Å²) in [6.07, 6.45) is 1.48. The largest absolute Gasteiger partial charge is 0.467 e. The molecule has 0 aliphatic heterocycles. The van der Waals surface area contributed by atoms with Crippen LogP contribution in [0.3, 0.4) is 0 Å². The van der Waals surface area contributed by atoms with Crippen LogP contribution in [0.2, 0.25) is 5.02 Å². The maximum atomic E-state index is 13.5. The Hall–Kier alpha value is -2.54. The van der Waals surface area contributed by atoms with E-state index in [-0.39, 0.29) is 23.8 Å². The molecule has 1 aromatic carbocycles. The molecule has 0 unspecified atom stereocenters. The van der Waals surface area contributed by atoms with Crippen molar-refractivity contribution in [1.82, 2.24) is 10.6 Å². The number of carbonyl (C=O) groups excluding carboxylic acids is 2. The van der Waals surface area contributed by atoms with Gasteiger partial charge in [-0.25, -0.2) is 9.18 Å². The number of urea groups is 1. The average molecular weight is 326 g/mol. The van der Waals surface area contributed by atoms with Crippen molar-refractivity contribution in [2.24, 2.45) is 0 Å². The second kappa shape index (κ2) is 7.46. The first-order valence-electron chi connectivity index (χ1n) is 6.33. The molecule has 2 aromatic rings. The van der Waals surface area contributed by atoms with Gasteiger partial charge >= 0.3 is 6.03 Å². The Balaban J connectivity index is 1.74. The summed E-state index contributed by atoms with van der Waals surface area (Å²) in [6.45, 7) is -0.0991. The Labute approximate surface area is 130 Å².